The summed E-state index contributed by atoms with van der Waals surface area (Å²) in [5.41, 5.74) is 3.43. The first kappa shape index (κ1) is 21.7. The van der Waals surface area contributed by atoms with Gasteiger partial charge in [0.2, 0.25) is 11.8 Å². The summed E-state index contributed by atoms with van der Waals surface area (Å²) in [6, 6.07) is 13.0. The molecule has 0 saturated carbocycles. The van der Waals surface area contributed by atoms with Crippen molar-refractivity contribution in [3.05, 3.63) is 70.3 Å². The van der Waals surface area contributed by atoms with Crippen LogP contribution in [0.1, 0.15) is 11.1 Å². The van der Waals surface area contributed by atoms with Crippen LogP contribution in [0, 0.1) is 13.8 Å². The maximum Gasteiger partial charge on any atom is 0.261 e. The lowest BCUT2D eigenvalue weighted by Crippen LogP contribution is -2.51. The van der Waals surface area contributed by atoms with E-state index in [2.05, 4.69) is 10.3 Å². The molecule has 1 aromatic heterocycles. The fourth-order valence-corrected chi connectivity index (χ4v) is 3.90. The van der Waals surface area contributed by atoms with Crippen LogP contribution in [0.25, 0.3) is 10.9 Å². The van der Waals surface area contributed by atoms with Gasteiger partial charge in [0.25, 0.3) is 5.56 Å². The van der Waals surface area contributed by atoms with Gasteiger partial charge in [-0.15, -0.1) is 0 Å². The number of benzene rings is 2. The Balaban J connectivity index is 1.30. The molecule has 0 radical (unpaired) electrons. The molecule has 1 N–H and O–H groups in total. The van der Waals surface area contributed by atoms with Crippen LogP contribution in [0.3, 0.4) is 0 Å². The molecule has 0 bridgehead atoms. The zero-order valence-electron chi connectivity index (χ0n) is 18.4. The number of carbonyl (C=O) groups is 2. The summed E-state index contributed by atoms with van der Waals surface area (Å²) in [7, 11) is 0. The minimum atomic E-state index is -0.217. The van der Waals surface area contributed by atoms with Gasteiger partial charge in [-0.2, -0.15) is 0 Å². The van der Waals surface area contributed by atoms with Crippen LogP contribution in [0.4, 0.5) is 5.69 Å². The second-order valence-electron chi connectivity index (χ2n) is 8.15. The third-order valence-electron chi connectivity index (χ3n) is 6.01. The van der Waals surface area contributed by atoms with Gasteiger partial charge in [-0.25, -0.2) is 4.98 Å². The van der Waals surface area contributed by atoms with E-state index in [1.54, 1.807) is 23.1 Å². The van der Waals surface area contributed by atoms with Crippen molar-refractivity contribution >= 4 is 28.4 Å². The summed E-state index contributed by atoms with van der Waals surface area (Å²) >= 11 is 0. The molecule has 166 valence electrons. The molecule has 0 atom stereocenters. The summed E-state index contributed by atoms with van der Waals surface area (Å²) < 4.78 is 1.36. The summed E-state index contributed by atoms with van der Waals surface area (Å²) in [6.07, 6.45) is 1.43. The summed E-state index contributed by atoms with van der Waals surface area (Å²) in [5.74, 6) is -0.184. The van der Waals surface area contributed by atoms with Crippen LogP contribution >= 0.6 is 0 Å². The van der Waals surface area contributed by atoms with Crippen LogP contribution in [0.5, 0.6) is 0 Å². The van der Waals surface area contributed by atoms with Crippen molar-refractivity contribution in [3.63, 3.8) is 0 Å². The van der Waals surface area contributed by atoms with Gasteiger partial charge in [0.1, 0.15) is 6.54 Å². The molecular weight excluding hydrogens is 406 g/mol. The van der Waals surface area contributed by atoms with Crippen LogP contribution in [-0.4, -0.2) is 63.9 Å². The molecular formula is C24H27N5O3. The van der Waals surface area contributed by atoms with Crippen molar-refractivity contribution in [3.8, 4) is 0 Å². The highest BCUT2D eigenvalue weighted by molar-refractivity contribution is 5.93. The van der Waals surface area contributed by atoms with Gasteiger partial charge in [0.05, 0.1) is 23.8 Å². The van der Waals surface area contributed by atoms with Gasteiger partial charge in [0.15, 0.2) is 0 Å². The molecule has 0 spiro atoms. The number of carbonyl (C=O) groups excluding carboxylic acids is 2. The first-order chi connectivity index (χ1) is 15.4. The number of amides is 2. The molecule has 1 fully saturated rings. The van der Waals surface area contributed by atoms with Gasteiger partial charge in [-0.3, -0.25) is 23.9 Å². The minimum absolute atomic E-state index is 0.0379. The molecule has 2 heterocycles. The van der Waals surface area contributed by atoms with Crippen LogP contribution in [0.15, 0.2) is 53.6 Å². The van der Waals surface area contributed by atoms with Crippen molar-refractivity contribution in [2.24, 2.45) is 0 Å². The SMILES string of the molecule is Cc1cccc(NC(=O)CN2CCN(C(=O)Cn3cnc4ccccc4c3=O)CC2)c1C. The molecule has 1 saturated heterocycles. The van der Waals surface area contributed by atoms with E-state index in [9.17, 15) is 14.4 Å². The maximum atomic E-state index is 12.7. The molecule has 3 aromatic rings. The average Bonchev–Trinajstić information content (AvgIpc) is 2.79. The largest absolute Gasteiger partial charge is 0.339 e. The van der Waals surface area contributed by atoms with Crippen LogP contribution < -0.4 is 10.9 Å². The predicted molar refractivity (Wildman–Crippen MR) is 124 cm³/mol. The molecule has 1 aliphatic heterocycles. The van der Waals surface area contributed by atoms with Crippen LogP contribution in [-0.2, 0) is 16.1 Å². The molecule has 8 nitrogen and oxygen atoms in total. The second-order valence-corrected chi connectivity index (χ2v) is 8.15. The fraction of sp³-hybridized carbons (Fsp3) is 0.333. The Bertz CT molecular complexity index is 1210. The highest BCUT2D eigenvalue weighted by Crippen LogP contribution is 2.18. The average molecular weight is 434 g/mol. The fourth-order valence-electron chi connectivity index (χ4n) is 3.90. The highest BCUT2D eigenvalue weighted by Gasteiger charge is 2.23. The Morgan fingerprint density at radius 3 is 2.50 bits per heavy atom. The standard InChI is InChI=1S/C24H27N5O3/c1-17-6-5-9-20(18(17)2)26-22(30)14-27-10-12-28(13-11-27)23(31)15-29-16-25-21-8-4-3-7-19(21)24(29)32/h3-9,16H,10-15H2,1-2H3,(H,26,30). The molecule has 0 unspecified atom stereocenters. The lowest BCUT2D eigenvalue weighted by molar-refractivity contribution is -0.133. The van der Waals surface area contributed by atoms with E-state index < -0.39 is 0 Å². The van der Waals surface area contributed by atoms with E-state index in [0.29, 0.717) is 37.1 Å². The number of aryl methyl sites for hydroxylation is 1. The smallest absolute Gasteiger partial charge is 0.261 e. The first-order valence-electron chi connectivity index (χ1n) is 10.7. The monoisotopic (exact) mass is 433 g/mol. The van der Waals surface area contributed by atoms with Gasteiger partial charge in [-0.1, -0.05) is 24.3 Å². The normalized spacial score (nSPS) is 14.5. The molecule has 2 aromatic carbocycles. The number of hydrogen-bond acceptors (Lipinski definition) is 5. The van der Waals surface area contributed by atoms with Crippen molar-refractivity contribution in [2.45, 2.75) is 20.4 Å². The third kappa shape index (κ3) is 4.70. The number of nitrogens with zero attached hydrogens (tertiary/aromatic N) is 4. The highest BCUT2D eigenvalue weighted by atomic mass is 16.2. The lowest BCUT2D eigenvalue weighted by atomic mass is 10.1. The number of fused-ring (bicyclic) bond motifs is 1. The van der Waals surface area contributed by atoms with Crippen molar-refractivity contribution in [1.29, 1.82) is 0 Å². The number of aromatic nitrogens is 2. The number of rotatable bonds is 5. The van der Waals surface area contributed by atoms with E-state index in [1.807, 2.05) is 43.0 Å². The van der Waals surface area contributed by atoms with Gasteiger partial charge in [-0.05, 0) is 43.2 Å². The number of para-hydroxylation sites is 1. The molecule has 4 rings (SSSR count). The summed E-state index contributed by atoms with van der Waals surface area (Å²) in [4.78, 5) is 45.9. The second kappa shape index (κ2) is 9.32. The van der Waals surface area contributed by atoms with Crippen molar-refractivity contribution in [1.82, 2.24) is 19.4 Å². The first-order valence-corrected chi connectivity index (χ1v) is 10.7. The van der Waals surface area contributed by atoms with E-state index in [0.717, 1.165) is 16.8 Å². The Kier molecular flexibility index (Phi) is 6.32. The number of anilines is 1. The topological polar surface area (TPSA) is 87.5 Å². The molecule has 8 heteroatoms. The molecule has 1 aliphatic rings. The molecule has 2 amide bonds. The van der Waals surface area contributed by atoms with E-state index >= 15 is 0 Å². The number of nitrogens with one attached hydrogen (secondary N) is 1. The zero-order valence-corrected chi connectivity index (χ0v) is 18.4. The van der Waals surface area contributed by atoms with E-state index in [-0.39, 0.29) is 30.5 Å². The summed E-state index contributed by atoms with van der Waals surface area (Å²) in [5, 5.41) is 3.48. The van der Waals surface area contributed by atoms with Gasteiger partial charge >= 0.3 is 0 Å². The van der Waals surface area contributed by atoms with Crippen molar-refractivity contribution in [2.75, 3.05) is 38.0 Å². The minimum Gasteiger partial charge on any atom is -0.339 e. The summed E-state index contributed by atoms with van der Waals surface area (Å²) in [6.45, 7) is 6.51. The Morgan fingerprint density at radius 2 is 1.72 bits per heavy atom. The van der Waals surface area contributed by atoms with E-state index in [4.69, 9.17) is 0 Å². The van der Waals surface area contributed by atoms with Crippen molar-refractivity contribution < 1.29 is 9.59 Å². The van der Waals surface area contributed by atoms with E-state index in [1.165, 1.54) is 10.9 Å². The Morgan fingerprint density at radius 1 is 0.969 bits per heavy atom. The predicted octanol–water partition coefficient (Wildman–Crippen LogP) is 1.80. The van der Waals surface area contributed by atoms with Gasteiger partial charge in [0, 0.05) is 31.9 Å². The maximum absolute atomic E-state index is 12.7. The lowest BCUT2D eigenvalue weighted by Gasteiger charge is -2.34. The Hall–Kier alpha value is -3.52. The quantitative estimate of drug-likeness (QED) is 0.663. The zero-order chi connectivity index (χ0) is 22.7. The number of piperazine rings is 1. The molecule has 32 heavy (non-hydrogen) atoms. The van der Waals surface area contributed by atoms with Crippen LogP contribution in [0.2, 0.25) is 0 Å². The Labute approximate surface area is 186 Å². The third-order valence-corrected chi connectivity index (χ3v) is 6.01. The van der Waals surface area contributed by atoms with Gasteiger partial charge < -0.3 is 10.2 Å². The number of hydrogen-bond donors (Lipinski definition) is 1. The molecule has 0 aliphatic carbocycles.